The van der Waals surface area contributed by atoms with Gasteiger partial charge in [-0.25, -0.2) is 0 Å². The quantitative estimate of drug-likeness (QED) is 0.713. The lowest BCUT2D eigenvalue weighted by molar-refractivity contribution is -0.0133. The van der Waals surface area contributed by atoms with Crippen LogP contribution in [-0.2, 0) is 0 Å². The molecular weight excluding hydrogens is 176 g/mol. The van der Waals surface area contributed by atoms with Crippen LogP contribution in [0.1, 0.15) is 39.5 Å². The molecule has 14 heavy (non-hydrogen) atoms. The van der Waals surface area contributed by atoms with Crippen molar-refractivity contribution in [1.82, 2.24) is 4.90 Å². The predicted molar refractivity (Wildman–Crippen MR) is 59.2 cm³/mol. The van der Waals surface area contributed by atoms with E-state index in [1.165, 1.54) is 0 Å². The van der Waals surface area contributed by atoms with E-state index in [4.69, 9.17) is 5.73 Å². The summed E-state index contributed by atoms with van der Waals surface area (Å²) in [6, 6.07) is 1.21. The van der Waals surface area contributed by atoms with Crippen LogP contribution >= 0.6 is 0 Å². The Morgan fingerprint density at radius 3 is 2.29 bits per heavy atom. The van der Waals surface area contributed by atoms with Crippen LogP contribution in [0.2, 0.25) is 0 Å². The minimum Gasteiger partial charge on any atom is -0.389 e. The van der Waals surface area contributed by atoms with E-state index in [9.17, 15) is 5.11 Å². The SMILES string of the molecule is CC(C)N(C)C1CCC(O)(CN)CC1. The largest absolute Gasteiger partial charge is 0.389 e. The molecule has 84 valence electrons. The molecule has 0 bridgehead atoms. The van der Waals surface area contributed by atoms with E-state index < -0.39 is 5.60 Å². The fourth-order valence-corrected chi connectivity index (χ4v) is 2.17. The van der Waals surface area contributed by atoms with Gasteiger partial charge in [0.05, 0.1) is 5.60 Å². The molecule has 0 heterocycles. The zero-order valence-corrected chi connectivity index (χ0v) is 9.66. The first-order valence-corrected chi connectivity index (χ1v) is 5.63. The van der Waals surface area contributed by atoms with Crippen molar-refractivity contribution < 1.29 is 5.11 Å². The maximum Gasteiger partial charge on any atom is 0.0770 e. The van der Waals surface area contributed by atoms with Gasteiger partial charge in [-0.2, -0.15) is 0 Å². The standard InChI is InChI=1S/C11H24N2O/c1-9(2)13(3)10-4-6-11(14,8-12)7-5-10/h9-10,14H,4-8,12H2,1-3H3. The number of rotatable bonds is 3. The summed E-state index contributed by atoms with van der Waals surface area (Å²) in [7, 11) is 2.17. The average Bonchev–Trinajstić information content (AvgIpc) is 2.18. The van der Waals surface area contributed by atoms with Gasteiger partial charge in [0.2, 0.25) is 0 Å². The van der Waals surface area contributed by atoms with Crippen molar-refractivity contribution >= 4 is 0 Å². The van der Waals surface area contributed by atoms with Crippen LogP contribution in [-0.4, -0.2) is 41.3 Å². The first kappa shape index (κ1) is 12.0. The fraction of sp³-hybridized carbons (Fsp3) is 1.00. The molecule has 0 aromatic rings. The summed E-state index contributed by atoms with van der Waals surface area (Å²) in [4.78, 5) is 2.40. The van der Waals surface area contributed by atoms with Crippen LogP contribution in [0, 0.1) is 0 Å². The third-order valence-electron chi connectivity index (χ3n) is 3.66. The molecular formula is C11H24N2O. The Balaban J connectivity index is 2.43. The van der Waals surface area contributed by atoms with E-state index in [1.54, 1.807) is 0 Å². The highest BCUT2D eigenvalue weighted by molar-refractivity contribution is 4.89. The topological polar surface area (TPSA) is 49.5 Å². The third kappa shape index (κ3) is 2.69. The molecule has 0 aromatic heterocycles. The fourth-order valence-electron chi connectivity index (χ4n) is 2.17. The molecule has 1 saturated carbocycles. The second-order valence-electron chi connectivity index (χ2n) is 4.92. The molecule has 0 amide bonds. The second kappa shape index (κ2) is 4.60. The van der Waals surface area contributed by atoms with E-state index in [2.05, 4.69) is 25.8 Å². The van der Waals surface area contributed by atoms with Crippen LogP contribution in [0.25, 0.3) is 0 Å². The monoisotopic (exact) mass is 200 g/mol. The van der Waals surface area contributed by atoms with Crippen LogP contribution in [0.4, 0.5) is 0 Å². The minimum atomic E-state index is -0.575. The molecule has 3 heteroatoms. The maximum atomic E-state index is 9.97. The van der Waals surface area contributed by atoms with Gasteiger partial charge in [0.25, 0.3) is 0 Å². The van der Waals surface area contributed by atoms with Gasteiger partial charge in [-0.15, -0.1) is 0 Å². The van der Waals surface area contributed by atoms with Crippen molar-refractivity contribution in [3.8, 4) is 0 Å². The lowest BCUT2D eigenvalue weighted by Crippen LogP contribution is -2.47. The molecule has 0 radical (unpaired) electrons. The molecule has 0 aromatic carbocycles. The summed E-state index contributed by atoms with van der Waals surface area (Å²) in [5.41, 5.74) is 4.98. The Bertz CT molecular complexity index is 174. The van der Waals surface area contributed by atoms with Gasteiger partial charge in [0, 0.05) is 18.6 Å². The van der Waals surface area contributed by atoms with Gasteiger partial charge in [-0.05, 0) is 46.6 Å². The summed E-state index contributed by atoms with van der Waals surface area (Å²) >= 11 is 0. The van der Waals surface area contributed by atoms with Crippen molar-refractivity contribution in [2.75, 3.05) is 13.6 Å². The van der Waals surface area contributed by atoms with Gasteiger partial charge >= 0.3 is 0 Å². The van der Waals surface area contributed by atoms with Gasteiger partial charge in [0.15, 0.2) is 0 Å². The number of hydrogen-bond acceptors (Lipinski definition) is 3. The van der Waals surface area contributed by atoms with Crippen LogP contribution in [0.3, 0.4) is 0 Å². The zero-order valence-electron chi connectivity index (χ0n) is 9.66. The van der Waals surface area contributed by atoms with Crippen LogP contribution < -0.4 is 5.73 Å². The second-order valence-corrected chi connectivity index (χ2v) is 4.92. The number of nitrogens with two attached hydrogens (primary N) is 1. The number of hydrogen-bond donors (Lipinski definition) is 2. The Kier molecular flexibility index (Phi) is 3.93. The first-order chi connectivity index (χ1) is 6.48. The van der Waals surface area contributed by atoms with E-state index in [1.807, 2.05) is 0 Å². The van der Waals surface area contributed by atoms with Gasteiger partial charge < -0.3 is 15.7 Å². The zero-order chi connectivity index (χ0) is 10.8. The first-order valence-electron chi connectivity index (χ1n) is 5.63. The Morgan fingerprint density at radius 2 is 1.93 bits per heavy atom. The highest BCUT2D eigenvalue weighted by atomic mass is 16.3. The maximum absolute atomic E-state index is 9.97. The molecule has 0 spiro atoms. The lowest BCUT2D eigenvalue weighted by Gasteiger charge is -2.40. The summed E-state index contributed by atoms with van der Waals surface area (Å²) in [6.45, 7) is 4.83. The van der Waals surface area contributed by atoms with Crippen molar-refractivity contribution in [3.05, 3.63) is 0 Å². The number of aliphatic hydroxyl groups is 1. The molecule has 0 unspecified atom stereocenters. The van der Waals surface area contributed by atoms with Crippen molar-refractivity contribution in [2.45, 2.75) is 57.2 Å². The lowest BCUT2D eigenvalue weighted by atomic mass is 9.81. The minimum absolute atomic E-state index is 0.408. The van der Waals surface area contributed by atoms with Gasteiger partial charge in [0.1, 0.15) is 0 Å². The van der Waals surface area contributed by atoms with E-state index >= 15 is 0 Å². The third-order valence-corrected chi connectivity index (χ3v) is 3.66. The van der Waals surface area contributed by atoms with E-state index in [0.717, 1.165) is 25.7 Å². The van der Waals surface area contributed by atoms with Crippen LogP contribution in [0.15, 0.2) is 0 Å². The molecule has 1 rings (SSSR count). The van der Waals surface area contributed by atoms with E-state index in [0.29, 0.717) is 18.6 Å². The molecule has 0 saturated heterocycles. The van der Waals surface area contributed by atoms with E-state index in [-0.39, 0.29) is 0 Å². The predicted octanol–water partition coefficient (Wildman–Crippen LogP) is 0.959. The summed E-state index contributed by atoms with van der Waals surface area (Å²) in [6.07, 6.45) is 3.85. The van der Waals surface area contributed by atoms with Crippen molar-refractivity contribution in [1.29, 1.82) is 0 Å². The molecule has 0 aliphatic heterocycles. The molecule has 3 N–H and O–H groups in total. The van der Waals surface area contributed by atoms with Crippen molar-refractivity contribution in [3.63, 3.8) is 0 Å². The summed E-state index contributed by atoms with van der Waals surface area (Å²) in [5, 5.41) is 9.97. The molecule has 1 aliphatic rings. The van der Waals surface area contributed by atoms with Gasteiger partial charge in [-0.1, -0.05) is 0 Å². The number of nitrogens with zero attached hydrogens (tertiary/aromatic N) is 1. The summed E-state index contributed by atoms with van der Waals surface area (Å²) < 4.78 is 0. The normalized spacial score (nSPS) is 34.1. The van der Waals surface area contributed by atoms with Gasteiger partial charge in [-0.3, -0.25) is 0 Å². The van der Waals surface area contributed by atoms with Crippen molar-refractivity contribution in [2.24, 2.45) is 5.73 Å². The highest BCUT2D eigenvalue weighted by Gasteiger charge is 2.33. The average molecular weight is 200 g/mol. The Labute approximate surface area is 87.3 Å². The highest BCUT2D eigenvalue weighted by Crippen LogP contribution is 2.30. The smallest absolute Gasteiger partial charge is 0.0770 e. The molecule has 1 fully saturated rings. The van der Waals surface area contributed by atoms with Crippen LogP contribution in [0.5, 0.6) is 0 Å². The summed E-state index contributed by atoms with van der Waals surface area (Å²) in [5.74, 6) is 0. The Hall–Kier alpha value is -0.120. The molecule has 0 atom stereocenters. The molecule has 1 aliphatic carbocycles. The molecule has 3 nitrogen and oxygen atoms in total. The Morgan fingerprint density at radius 1 is 1.43 bits per heavy atom.